The summed E-state index contributed by atoms with van der Waals surface area (Å²) in [5, 5.41) is 11.8. The number of nitrogens with zero attached hydrogens (tertiary/aromatic N) is 4. The first-order valence-electron chi connectivity index (χ1n) is 8.00. The lowest BCUT2D eigenvalue weighted by atomic mass is 10.1. The topological polar surface area (TPSA) is 133 Å². The summed E-state index contributed by atoms with van der Waals surface area (Å²) >= 11 is 0. The number of rotatable bonds is 5. The second-order valence-corrected chi connectivity index (χ2v) is 5.79. The largest absolute Gasteiger partial charge is 0.383 e. The summed E-state index contributed by atoms with van der Waals surface area (Å²) in [4.78, 5) is 27.4. The van der Waals surface area contributed by atoms with Crippen LogP contribution in [-0.2, 0) is 0 Å². The number of pyridine rings is 2. The van der Waals surface area contributed by atoms with Crippen LogP contribution in [0.5, 0.6) is 0 Å². The highest BCUT2D eigenvalue weighted by Crippen LogP contribution is 2.11. The number of carbonyl (C=O) groups is 1. The maximum Gasteiger partial charge on any atom is 0.287 e. The SMILES string of the molecule is C[C@@H](C/C=C/c1cnc(N)c(C#N)c1)NC(=O)c1nc2ncccc2[nH]1. The highest BCUT2D eigenvalue weighted by molar-refractivity contribution is 5.93. The molecule has 3 heterocycles. The number of nitrogen functional groups attached to an aromatic ring is 1. The van der Waals surface area contributed by atoms with Crippen molar-refractivity contribution in [1.82, 2.24) is 25.3 Å². The Kier molecular flexibility index (Phi) is 4.90. The van der Waals surface area contributed by atoms with Gasteiger partial charge in [-0.3, -0.25) is 4.79 Å². The Labute approximate surface area is 149 Å². The standard InChI is InChI=1S/C18H17N7O/c1-11(4-2-5-12-8-13(9-19)15(20)22-10-12)23-18(26)17-24-14-6-3-7-21-16(14)25-17/h2-3,5-8,10-11H,4H2,1H3,(H2,20,22)(H,23,26)(H,21,24,25)/b5-2+/t11-/m0/s1. The number of nitrogens with two attached hydrogens (primary N) is 1. The van der Waals surface area contributed by atoms with Gasteiger partial charge < -0.3 is 16.0 Å². The van der Waals surface area contributed by atoms with Crippen LogP contribution in [0.1, 0.15) is 35.1 Å². The van der Waals surface area contributed by atoms with Crippen molar-refractivity contribution < 1.29 is 4.79 Å². The van der Waals surface area contributed by atoms with Gasteiger partial charge in [-0.05, 0) is 37.1 Å². The third-order valence-electron chi connectivity index (χ3n) is 3.71. The van der Waals surface area contributed by atoms with Crippen molar-refractivity contribution in [1.29, 1.82) is 5.26 Å². The molecule has 0 spiro atoms. The van der Waals surface area contributed by atoms with E-state index in [0.29, 0.717) is 23.1 Å². The smallest absolute Gasteiger partial charge is 0.287 e. The molecule has 1 amide bonds. The number of aromatic amines is 1. The van der Waals surface area contributed by atoms with Gasteiger partial charge >= 0.3 is 0 Å². The van der Waals surface area contributed by atoms with Crippen molar-refractivity contribution in [3.8, 4) is 6.07 Å². The van der Waals surface area contributed by atoms with Gasteiger partial charge in [0.05, 0.1) is 11.1 Å². The lowest BCUT2D eigenvalue weighted by Crippen LogP contribution is -2.32. The Morgan fingerprint density at radius 1 is 1.50 bits per heavy atom. The quantitative estimate of drug-likeness (QED) is 0.646. The number of imidazole rings is 1. The number of fused-ring (bicyclic) bond motifs is 1. The molecule has 0 aliphatic carbocycles. The van der Waals surface area contributed by atoms with Gasteiger partial charge in [-0.25, -0.2) is 15.0 Å². The minimum Gasteiger partial charge on any atom is -0.383 e. The second-order valence-electron chi connectivity index (χ2n) is 5.79. The molecule has 0 aromatic carbocycles. The molecule has 0 aliphatic rings. The van der Waals surface area contributed by atoms with Crippen molar-refractivity contribution >= 4 is 29.0 Å². The number of carbonyl (C=O) groups excluding carboxylic acids is 1. The summed E-state index contributed by atoms with van der Waals surface area (Å²) in [5.41, 5.74) is 7.94. The first kappa shape index (κ1) is 17.1. The molecule has 130 valence electrons. The number of hydrogen-bond acceptors (Lipinski definition) is 6. The Hall–Kier alpha value is -3.73. The molecule has 0 bridgehead atoms. The number of amides is 1. The van der Waals surface area contributed by atoms with E-state index < -0.39 is 0 Å². The van der Waals surface area contributed by atoms with Crippen molar-refractivity contribution in [3.05, 3.63) is 53.6 Å². The van der Waals surface area contributed by atoms with E-state index in [2.05, 4.69) is 25.3 Å². The maximum atomic E-state index is 12.3. The van der Waals surface area contributed by atoms with Crippen LogP contribution >= 0.6 is 0 Å². The van der Waals surface area contributed by atoms with Crippen LogP contribution in [0, 0.1) is 11.3 Å². The van der Waals surface area contributed by atoms with E-state index in [0.717, 1.165) is 5.56 Å². The van der Waals surface area contributed by atoms with E-state index in [1.54, 1.807) is 24.5 Å². The fourth-order valence-corrected chi connectivity index (χ4v) is 2.38. The first-order valence-corrected chi connectivity index (χ1v) is 8.00. The monoisotopic (exact) mass is 347 g/mol. The number of aromatic nitrogens is 4. The highest BCUT2D eigenvalue weighted by Gasteiger charge is 2.13. The molecule has 0 unspecified atom stereocenters. The predicted molar refractivity (Wildman–Crippen MR) is 97.8 cm³/mol. The summed E-state index contributed by atoms with van der Waals surface area (Å²) < 4.78 is 0. The van der Waals surface area contributed by atoms with Gasteiger partial charge in [0.15, 0.2) is 11.5 Å². The average molecular weight is 347 g/mol. The molecule has 1 atom stereocenters. The Morgan fingerprint density at radius 2 is 2.35 bits per heavy atom. The third-order valence-corrected chi connectivity index (χ3v) is 3.71. The third kappa shape index (κ3) is 3.84. The number of H-pyrrole nitrogens is 1. The molecule has 0 radical (unpaired) electrons. The van der Waals surface area contributed by atoms with E-state index in [9.17, 15) is 4.79 Å². The number of hydrogen-bond donors (Lipinski definition) is 3. The molecule has 3 aromatic rings. The molecule has 0 saturated carbocycles. The van der Waals surface area contributed by atoms with Crippen molar-refractivity contribution in [2.75, 3.05) is 5.73 Å². The zero-order valence-electron chi connectivity index (χ0n) is 14.1. The molecule has 3 rings (SSSR count). The number of anilines is 1. The lowest BCUT2D eigenvalue weighted by Gasteiger charge is -2.10. The number of nitrogens with one attached hydrogen (secondary N) is 2. The summed E-state index contributed by atoms with van der Waals surface area (Å²) in [7, 11) is 0. The van der Waals surface area contributed by atoms with Gasteiger partial charge in [0.2, 0.25) is 0 Å². The van der Waals surface area contributed by atoms with Crippen LogP contribution in [0.15, 0.2) is 36.7 Å². The van der Waals surface area contributed by atoms with Gasteiger partial charge in [0.25, 0.3) is 5.91 Å². The minimum absolute atomic E-state index is 0.0999. The zero-order valence-corrected chi connectivity index (χ0v) is 14.1. The Bertz CT molecular complexity index is 983. The van der Waals surface area contributed by atoms with Crippen LogP contribution in [0.2, 0.25) is 0 Å². The van der Waals surface area contributed by atoms with Crippen LogP contribution in [0.3, 0.4) is 0 Å². The van der Waals surface area contributed by atoms with E-state index in [1.807, 2.05) is 31.2 Å². The Morgan fingerprint density at radius 3 is 3.12 bits per heavy atom. The van der Waals surface area contributed by atoms with Crippen molar-refractivity contribution in [2.24, 2.45) is 0 Å². The van der Waals surface area contributed by atoms with Gasteiger partial charge in [0.1, 0.15) is 11.9 Å². The normalized spacial score (nSPS) is 12.2. The fourth-order valence-electron chi connectivity index (χ4n) is 2.38. The summed E-state index contributed by atoms with van der Waals surface area (Å²) in [6, 6.07) is 7.16. The van der Waals surface area contributed by atoms with Gasteiger partial charge in [0, 0.05) is 18.4 Å². The van der Waals surface area contributed by atoms with E-state index in [1.165, 1.54) is 0 Å². The van der Waals surface area contributed by atoms with Crippen LogP contribution in [0.4, 0.5) is 5.82 Å². The molecular weight excluding hydrogens is 330 g/mol. The van der Waals surface area contributed by atoms with Crippen molar-refractivity contribution in [3.63, 3.8) is 0 Å². The van der Waals surface area contributed by atoms with Gasteiger partial charge in [-0.2, -0.15) is 5.26 Å². The lowest BCUT2D eigenvalue weighted by molar-refractivity contribution is 0.0931. The van der Waals surface area contributed by atoms with E-state index in [4.69, 9.17) is 11.0 Å². The van der Waals surface area contributed by atoms with Crippen LogP contribution < -0.4 is 11.1 Å². The molecule has 3 aromatic heterocycles. The molecule has 8 heteroatoms. The first-order chi connectivity index (χ1) is 12.6. The average Bonchev–Trinajstić information content (AvgIpc) is 3.07. The van der Waals surface area contributed by atoms with Gasteiger partial charge in [-0.1, -0.05) is 12.2 Å². The van der Waals surface area contributed by atoms with Crippen molar-refractivity contribution in [2.45, 2.75) is 19.4 Å². The summed E-state index contributed by atoms with van der Waals surface area (Å²) in [5.74, 6) is 0.159. The van der Waals surface area contributed by atoms with E-state index >= 15 is 0 Å². The predicted octanol–water partition coefficient (Wildman–Crippen LogP) is 2.03. The minimum atomic E-state index is -0.287. The fraction of sp³-hybridized carbons (Fsp3) is 0.167. The summed E-state index contributed by atoms with van der Waals surface area (Å²) in [6.07, 6.45) is 7.57. The molecule has 0 saturated heterocycles. The van der Waals surface area contributed by atoms with Crippen LogP contribution in [0.25, 0.3) is 17.2 Å². The van der Waals surface area contributed by atoms with E-state index in [-0.39, 0.29) is 23.6 Å². The highest BCUT2D eigenvalue weighted by atomic mass is 16.2. The molecule has 0 fully saturated rings. The molecule has 0 aliphatic heterocycles. The molecule has 4 N–H and O–H groups in total. The molecular formula is C18H17N7O. The number of nitriles is 1. The zero-order chi connectivity index (χ0) is 18.5. The maximum absolute atomic E-state index is 12.3. The summed E-state index contributed by atoms with van der Waals surface area (Å²) in [6.45, 7) is 1.89. The van der Waals surface area contributed by atoms with Crippen LogP contribution in [-0.4, -0.2) is 31.9 Å². The second kappa shape index (κ2) is 7.44. The molecule has 26 heavy (non-hydrogen) atoms. The molecule has 8 nitrogen and oxygen atoms in total. The Balaban J connectivity index is 1.59. The van der Waals surface area contributed by atoms with Gasteiger partial charge in [-0.15, -0.1) is 0 Å².